The lowest BCUT2D eigenvalue weighted by Gasteiger charge is -2.23. The Kier molecular flexibility index (Phi) is 6.88. The maximum absolute atomic E-state index is 12.8. The second-order valence-electron chi connectivity index (χ2n) is 9.02. The zero-order valence-corrected chi connectivity index (χ0v) is 19.9. The molecule has 8 heteroatoms. The number of nitrogens with zero attached hydrogens (tertiary/aromatic N) is 2. The Hall–Kier alpha value is -4.07. The Balaban J connectivity index is 1.66. The minimum Gasteiger partial charge on any atom is -0.489 e. The molecule has 0 bridgehead atoms. The van der Waals surface area contributed by atoms with Gasteiger partial charge >= 0.3 is 12.1 Å². The van der Waals surface area contributed by atoms with Gasteiger partial charge in [-0.1, -0.05) is 67.2 Å². The van der Waals surface area contributed by atoms with Crippen molar-refractivity contribution in [3.05, 3.63) is 96.8 Å². The summed E-state index contributed by atoms with van der Waals surface area (Å²) in [5.74, 6) is -1.95. The first-order chi connectivity index (χ1) is 17.0. The summed E-state index contributed by atoms with van der Waals surface area (Å²) in [6.07, 6.45) is -4.82. The molecule has 1 heterocycles. The highest BCUT2D eigenvalue weighted by atomic mass is 19.4. The number of ether oxygens (including phenoxy) is 2. The summed E-state index contributed by atoms with van der Waals surface area (Å²) in [6.45, 7) is 6.22. The first-order valence-corrected chi connectivity index (χ1v) is 11.3. The standard InChI is InChI=1S/C28H25F3N2O3/c1-19(28(29,30)31)36-26(34)27(2,3)18-33-24-15-14-22(35-17-20-10-6-4-7-11-20)16-23(24)25(32-33)21-12-8-5-9-13-21/h4-16H,1,17-18H2,2-3H3. The van der Waals surface area contributed by atoms with Gasteiger partial charge in [0.2, 0.25) is 5.76 Å². The number of alkyl halides is 3. The van der Waals surface area contributed by atoms with E-state index in [4.69, 9.17) is 9.84 Å². The molecule has 0 N–H and O–H groups in total. The van der Waals surface area contributed by atoms with Gasteiger partial charge in [-0.25, -0.2) is 0 Å². The van der Waals surface area contributed by atoms with E-state index < -0.39 is 23.3 Å². The molecule has 4 rings (SSSR count). The molecular formula is C28H25F3N2O3. The van der Waals surface area contributed by atoms with Gasteiger partial charge < -0.3 is 9.47 Å². The van der Waals surface area contributed by atoms with Gasteiger partial charge in [-0.3, -0.25) is 9.48 Å². The number of hydrogen-bond donors (Lipinski definition) is 0. The van der Waals surface area contributed by atoms with Gasteiger partial charge in [-0.15, -0.1) is 0 Å². The first kappa shape index (κ1) is 25.0. The summed E-state index contributed by atoms with van der Waals surface area (Å²) in [6, 6.07) is 24.8. The Morgan fingerprint density at radius 3 is 2.25 bits per heavy atom. The monoisotopic (exact) mass is 494 g/mol. The van der Waals surface area contributed by atoms with Gasteiger partial charge in [-0.2, -0.15) is 18.3 Å². The number of carbonyl (C=O) groups is 1. The van der Waals surface area contributed by atoms with Crippen LogP contribution in [0.15, 0.2) is 91.2 Å². The molecule has 1 aromatic heterocycles. The van der Waals surface area contributed by atoms with Gasteiger partial charge in [-0.05, 0) is 37.6 Å². The van der Waals surface area contributed by atoms with Crippen molar-refractivity contribution in [1.82, 2.24) is 9.78 Å². The van der Waals surface area contributed by atoms with E-state index in [9.17, 15) is 18.0 Å². The molecule has 0 spiro atoms. The minimum atomic E-state index is -4.82. The van der Waals surface area contributed by atoms with Gasteiger partial charge in [0.1, 0.15) is 18.1 Å². The third-order valence-electron chi connectivity index (χ3n) is 5.65. The molecule has 5 nitrogen and oxygen atoms in total. The van der Waals surface area contributed by atoms with Crippen LogP contribution in [0, 0.1) is 5.41 Å². The molecule has 0 aliphatic carbocycles. The van der Waals surface area contributed by atoms with E-state index >= 15 is 0 Å². The van der Waals surface area contributed by atoms with Crippen molar-refractivity contribution in [3.63, 3.8) is 0 Å². The Morgan fingerprint density at radius 2 is 1.61 bits per heavy atom. The molecule has 0 fully saturated rings. The highest BCUT2D eigenvalue weighted by Gasteiger charge is 2.39. The molecule has 4 aromatic rings. The van der Waals surface area contributed by atoms with Crippen molar-refractivity contribution < 1.29 is 27.4 Å². The van der Waals surface area contributed by atoms with Crippen LogP contribution in [-0.4, -0.2) is 21.9 Å². The molecule has 0 radical (unpaired) electrons. The molecule has 186 valence electrons. The fourth-order valence-corrected chi connectivity index (χ4v) is 3.67. The van der Waals surface area contributed by atoms with Crippen molar-refractivity contribution in [3.8, 4) is 17.0 Å². The molecule has 0 aliphatic heterocycles. The molecule has 36 heavy (non-hydrogen) atoms. The first-order valence-electron chi connectivity index (χ1n) is 11.3. The number of fused-ring (bicyclic) bond motifs is 1. The van der Waals surface area contributed by atoms with Crippen LogP contribution in [0.4, 0.5) is 13.2 Å². The van der Waals surface area contributed by atoms with Crippen LogP contribution in [0.1, 0.15) is 19.4 Å². The van der Waals surface area contributed by atoms with Crippen LogP contribution < -0.4 is 4.74 Å². The van der Waals surface area contributed by atoms with Gasteiger partial charge in [0.25, 0.3) is 0 Å². The molecular weight excluding hydrogens is 469 g/mol. The van der Waals surface area contributed by atoms with Crippen LogP contribution in [0.25, 0.3) is 22.2 Å². The maximum atomic E-state index is 12.8. The summed E-state index contributed by atoms with van der Waals surface area (Å²) in [4.78, 5) is 12.6. The highest BCUT2D eigenvalue weighted by molar-refractivity contribution is 5.94. The van der Waals surface area contributed by atoms with E-state index in [2.05, 4.69) is 11.3 Å². The Morgan fingerprint density at radius 1 is 0.972 bits per heavy atom. The molecule has 0 amide bonds. The predicted octanol–water partition coefficient (Wildman–Crippen LogP) is 6.93. The van der Waals surface area contributed by atoms with Crippen molar-refractivity contribution in [2.24, 2.45) is 5.41 Å². The fraction of sp³-hybridized carbons (Fsp3) is 0.214. The number of rotatable bonds is 8. The zero-order chi connectivity index (χ0) is 25.9. The van der Waals surface area contributed by atoms with E-state index in [0.29, 0.717) is 23.6 Å². The lowest BCUT2D eigenvalue weighted by atomic mass is 9.93. The summed E-state index contributed by atoms with van der Waals surface area (Å²) in [7, 11) is 0. The van der Waals surface area contributed by atoms with Crippen molar-refractivity contribution in [2.45, 2.75) is 33.2 Å². The van der Waals surface area contributed by atoms with Crippen LogP contribution in [0.2, 0.25) is 0 Å². The summed E-state index contributed by atoms with van der Waals surface area (Å²) in [5, 5.41) is 5.51. The number of allylic oxidation sites excluding steroid dienone is 1. The van der Waals surface area contributed by atoms with E-state index in [0.717, 1.165) is 16.5 Å². The summed E-state index contributed by atoms with van der Waals surface area (Å²) in [5.41, 5.74) is 1.93. The maximum Gasteiger partial charge on any atom is 0.449 e. The molecule has 3 aromatic carbocycles. The second kappa shape index (κ2) is 9.89. The van der Waals surface area contributed by atoms with E-state index in [-0.39, 0.29) is 6.54 Å². The van der Waals surface area contributed by atoms with Gasteiger partial charge in [0.15, 0.2) is 0 Å². The quantitative estimate of drug-likeness (QED) is 0.197. The van der Waals surface area contributed by atoms with Crippen molar-refractivity contribution in [2.75, 3.05) is 0 Å². The minimum absolute atomic E-state index is 0.00940. The van der Waals surface area contributed by atoms with Gasteiger partial charge in [0, 0.05) is 10.9 Å². The number of esters is 1. The second-order valence-corrected chi connectivity index (χ2v) is 9.02. The van der Waals surface area contributed by atoms with Gasteiger partial charge in [0.05, 0.1) is 17.5 Å². The number of carbonyl (C=O) groups excluding carboxylic acids is 1. The zero-order valence-electron chi connectivity index (χ0n) is 19.9. The van der Waals surface area contributed by atoms with Crippen LogP contribution in [0.5, 0.6) is 5.75 Å². The molecule has 0 saturated heterocycles. The largest absolute Gasteiger partial charge is 0.489 e. The normalized spacial score (nSPS) is 11.9. The Bertz CT molecular complexity index is 1380. The summed E-state index contributed by atoms with van der Waals surface area (Å²) >= 11 is 0. The van der Waals surface area contributed by atoms with E-state index in [1.807, 2.05) is 72.8 Å². The predicted molar refractivity (Wildman–Crippen MR) is 131 cm³/mol. The van der Waals surface area contributed by atoms with E-state index in [1.54, 1.807) is 10.7 Å². The number of hydrogen-bond acceptors (Lipinski definition) is 4. The van der Waals surface area contributed by atoms with Crippen LogP contribution in [-0.2, 0) is 22.7 Å². The molecule has 0 aliphatic rings. The number of halogens is 3. The van der Waals surface area contributed by atoms with Crippen molar-refractivity contribution >= 4 is 16.9 Å². The average Bonchev–Trinajstić information content (AvgIpc) is 3.20. The summed E-state index contributed by atoms with van der Waals surface area (Å²) < 4.78 is 50.6. The van der Waals surface area contributed by atoms with E-state index in [1.165, 1.54) is 13.8 Å². The fourth-order valence-electron chi connectivity index (χ4n) is 3.67. The lowest BCUT2D eigenvalue weighted by molar-refractivity contribution is -0.168. The lowest BCUT2D eigenvalue weighted by Crippen LogP contribution is -2.33. The topological polar surface area (TPSA) is 53.4 Å². The average molecular weight is 495 g/mol. The van der Waals surface area contributed by atoms with Crippen LogP contribution in [0.3, 0.4) is 0 Å². The molecule has 0 unspecified atom stereocenters. The number of benzene rings is 3. The smallest absolute Gasteiger partial charge is 0.449 e. The molecule has 0 saturated carbocycles. The molecule has 0 atom stereocenters. The Labute approximate surface area is 206 Å². The third kappa shape index (κ3) is 5.59. The third-order valence-corrected chi connectivity index (χ3v) is 5.65. The highest BCUT2D eigenvalue weighted by Crippen LogP contribution is 2.34. The SMILES string of the molecule is C=C(OC(=O)C(C)(C)Cn1nc(-c2ccccc2)c2cc(OCc3ccccc3)ccc21)C(F)(F)F. The number of aromatic nitrogens is 2. The van der Waals surface area contributed by atoms with Crippen molar-refractivity contribution in [1.29, 1.82) is 0 Å². The van der Waals surface area contributed by atoms with Crippen LogP contribution >= 0.6 is 0 Å².